The first kappa shape index (κ1) is 18.8. The molecule has 0 aliphatic rings. The molecule has 0 saturated carbocycles. The average molecular weight is 362 g/mol. The summed E-state index contributed by atoms with van der Waals surface area (Å²) in [5.74, 6) is -0.823. The number of benzene rings is 2. The van der Waals surface area contributed by atoms with Crippen molar-refractivity contribution in [1.82, 2.24) is 0 Å². The van der Waals surface area contributed by atoms with Gasteiger partial charge in [0.1, 0.15) is 5.75 Å². The topological polar surface area (TPSA) is 84.5 Å². The van der Waals surface area contributed by atoms with E-state index in [9.17, 15) is 13.2 Å². The minimum absolute atomic E-state index is 0.318. The molecular weight excluding hydrogens is 340 g/mol. The Morgan fingerprint density at radius 1 is 1.12 bits per heavy atom. The predicted molar refractivity (Wildman–Crippen MR) is 99.4 cm³/mol. The van der Waals surface area contributed by atoms with Gasteiger partial charge in [-0.3, -0.25) is 9.52 Å². The lowest BCUT2D eigenvalue weighted by Crippen LogP contribution is -2.29. The molecule has 0 aliphatic carbocycles. The summed E-state index contributed by atoms with van der Waals surface area (Å²) in [6.45, 7) is 3.53. The normalized spacial score (nSPS) is 12.3. The summed E-state index contributed by atoms with van der Waals surface area (Å²) in [5, 5.41) is 2.72. The zero-order valence-corrected chi connectivity index (χ0v) is 15.3. The molecule has 1 unspecified atom stereocenters. The molecule has 0 saturated heterocycles. The maximum absolute atomic E-state index is 12.3. The maximum Gasteiger partial charge on any atom is 0.233 e. The van der Waals surface area contributed by atoms with Gasteiger partial charge in [-0.2, -0.15) is 0 Å². The highest BCUT2D eigenvalue weighted by molar-refractivity contribution is 7.92. The number of anilines is 2. The van der Waals surface area contributed by atoms with Crippen LogP contribution in [-0.2, 0) is 14.8 Å². The Kier molecular flexibility index (Phi) is 6.03. The van der Waals surface area contributed by atoms with Crippen molar-refractivity contribution in [3.8, 4) is 5.75 Å². The molecule has 2 N–H and O–H groups in total. The van der Waals surface area contributed by atoms with Crippen LogP contribution in [0.1, 0.15) is 12.5 Å². The van der Waals surface area contributed by atoms with Gasteiger partial charge in [-0.15, -0.1) is 0 Å². The Morgan fingerprint density at radius 3 is 2.44 bits per heavy atom. The fraction of sp³-hybridized carbons (Fsp3) is 0.278. The Balaban J connectivity index is 1.98. The number of carbonyl (C=O) groups excluding carboxylic acids is 1. The summed E-state index contributed by atoms with van der Waals surface area (Å²) in [6, 6.07) is 13.9. The van der Waals surface area contributed by atoms with Crippen molar-refractivity contribution >= 4 is 27.3 Å². The molecule has 2 rings (SSSR count). The number of methoxy groups -OCH3 is 1. The van der Waals surface area contributed by atoms with Gasteiger partial charge in [0.2, 0.25) is 15.9 Å². The third-order valence-corrected chi connectivity index (χ3v) is 5.06. The number of hydrogen-bond acceptors (Lipinski definition) is 4. The number of amides is 1. The highest BCUT2D eigenvalue weighted by Crippen LogP contribution is 2.19. The molecule has 25 heavy (non-hydrogen) atoms. The molecule has 134 valence electrons. The molecule has 0 fully saturated rings. The van der Waals surface area contributed by atoms with Gasteiger partial charge in [-0.1, -0.05) is 30.7 Å². The molecule has 0 heterocycles. The highest BCUT2D eigenvalue weighted by Gasteiger charge is 2.22. The second kappa shape index (κ2) is 8.02. The van der Waals surface area contributed by atoms with Crippen molar-refractivity contribution in [2.75, 3.05) is 22.9 Å². The first-order valence-electron chi connectivity index (χ1n) is 7.81. The number of ether oxygens (including phenoxy) is 1. The van der Waals surface area contributed by atoms with Gasteiger partial charge in [0.25, 0.3) is 0 Å². The molecule has 0 spiro atoms. The van der Waals surface area contributed by atoms with E-state index in [1.165, 1.54) is 7.11 Å². The second-order valence-electron chi connectivity index (χ2n) is 5.87. The predicted octanol–water partition coefficient (Wildman–Crippen LogP) is 3.02. The lowest BCUT2D eigenvalue weighted by atomic mass is 10.2. The summed E-state index contributed by atoms with van der Waals surface area (Å²) in [5.41, 5.74) is 2.11. The second-order valence-corrected chi connectivity index (χ2v) is 7.64. The van der Waals surface area contributed by atoms with Gasteiger partial charge < -0.3 is 10.1 Å². The van der Waals surface area contributed by atoms with E-state index in [2.05, 4.69) is 10.0 Å². The zero-order chi connectivity index (χ0) is 18.4. The van der Waals surface area contributed by atoms with Crippen molar-refractivity contribution < 1.29 is 17.9 Å². The smallest absolute Gasteiger partial charge is 0.233 e. The molecule has 1 atom stereocenters. The van der Waals surface area contributed by atoms with E-state index in [1.54, 1.807) is 43.3 Å². The van der Waals surface area contributed by atoms with Crippen molar-refractivity contribution in [3.63, 3.8) is 0 Å². The van der Waals surface area contributed by atoms with E-state index < -0.39 is 15.9 Å². The maximum atomic E-state index is 12.3. The minimum Gasteiger partial charge on any atom is -0.497 e. The Bertz CT molecular complexity index is 832. The number of nitrogens with one attached hydrogen (secondary N) is 2. The third kappa shape index (κ3) is 5.79. The lowest BCUT2D eigenvalue weighted by Gasteiger charge is -2.14. The first-order chi connectivity index (χ1) is 11.8. The van der Waals surface area contributed by atoms with Crippen molar-refractivity contribution in [1.29, 1.82) is 0 Å². The summed E-state index contributed by atoms with van der Waals surface area (Å²) < 4.78 is 32.1. The van der Waals surface area contributed by atoms with E-state index >= 15 is 0 Å². The summed E-state index contributed by atoms with van der Waals surface area (Å²) in [7, 11) is -2.16. The van der Waals surface area contributed by atoms with E-state index in [1.807, 2.05) is 19.1 Å². The van der Waals surface area contributed by atoms with Crippen molar-refractivity contribution in [3.05, 3.63) is 54.1 Å². The molecule has 0 aliphatic heterocycles. The van der Waals surface area contributed by atoms with Crippen LogP contribution in [0.2, 0.25) is 0 Å². The summed E-state index contributed by atoms with van der Waals surface area (Å²) >= 11 is 0. The van der Waals surface area contributed by atoms with Gasteiger partial charge in [-0.05, 0) is 31.2 Å². The van der Waals surface area contributed by atoms with E-state index in [0.29, 0.717) is 17.1 Å². The Hall–Kier alpha value is -2.54. The number of aryl methyl sites for hydroxylation is 1. The molecule has 7 heteroatoms. The average Bonchev–Trinajstić information content (AvgIpc) is 2.56. The van der Waals surface area contributed by atoms with E-state index in [4.69, 9.17) is 4.74 Å². The monoisotopic (exact) mass is 362 g/mol. The van der Waals surface area contributed by atoms with Crippen LogP contribution in [0.15, 0.2) is 48.5 Å². The lowest BCUT2D eigenvalue weighted by molar-refractivity contribution is -0.118. The van der Waals surface area contributed by atoms with Crippen LogP contribution in [0.3, 0.4) is 0 Å². The van der Waals surface area contributed by atoms with Gasteiger partial charge in [-0.25, -0.2) is 8.42 Å². The van der Waals surface area contributed by atoms with Crippen LogP contribution in [0, 0.1) is 12.8 Å². The molecule has 1 amide bonds. The van der Waals surface area contributed by atoms with Gasteiger partial charge in [0.05, 0.1) is 24.5 Å². The number of sulfonamides is 1. The van der Waals surface area contributed by atoms with Crippen molar-refractivity contribution in [2.45, 2.75) is 13.8 Å². The van der Waals surface area contributed by atoms with Crippen LogP contribution >= 0.6 is 0 Å². The summed E-state index contributed by atoms with van der Waals surface area (Å²) in [6.07, 6.45) is 0. The standard InChI is InChI=1S/C18H22N2O4S/c1-13-7-9-15(10-8-13)19-18(21)14(2)12-25(22,23)20-16-5-4-6-17(11-16)24-3/h4-11,14,20H,12H2,1-3H3,(H,19,21). The Morgan fingerprint density at radius 2 is 1.80 bits per heavy atom. The zero-order valence-electron chi connectivity index (χ0n) is 14.4. The molecular formula is C18H22N2O4S. The van der Waals surface area contributed by atoms with Crippen LogP contribution in [-0.4, -0.2) is 27.2 Å². The van der Waals surface area contributed by atoms with Crippen molar-refractivity contribution in [2.24, 2.45) is 5.92 Å². The molecule has 0 aromatic heterocycles. The quantitative estimate of drug-likeness (QED) is 0.793. The summed E-state index contributed by atoms with van der Waals surface area (Å²) in [4.78, 5) is 12.2. The Labute approximate surface area is 148 Å². The van der Waals surface area contributed by atoms with Crippen LogP contribution in [0.4, 0.5) is 11.4 Å². The molecule has 0 bridgehead atoms. The SMILES string of the molecule is COc1cccc(NS(=O)(=O)CC(C)C(=O)Nc2ccc(C)cc2)c1. The van der Waals surface area contributed by atoms with Crippen LogP contribution < -0.4 is 14.8 Å². The minimum atomic E-state index is -3.67. The molecule has 6 nitrogen and oxygen atoms in total. The van der Waals surface area contributed by atoms with Gasteiger partial charge in [0.15, 0.2) is 0 Å². The van der Waals surface area contributed by atoms with Gasteiger partial charge >= 0.3 is 0 Å². The number of hydrogen-bond donors (Lipinski definition) is 2. The van der Waals surface area contributed by atoms with Crippen LogP contribution in [0.5, 0.6) is 5.75 Å². The fourth-order valence-corrected chi connectivity index (χ4v) is 3.59. The van der Waals surface area contributed by atoms with Gasteiger partial charge in [0, 0.05) is 11.8 Å². The van der Waals surface area contributed by atoms with E-state index in [-0.39, 0.29) is 11.7 Å². The first-order valence-corrected chi connectivity index (χ1v) is 9.46. The fourth-order valence-electron chi connectivity index (χ4n) is 2.21. The molecule has 0 radical (unpaired) electrons. The number of rotatable bonds is 7. The third-order valence-electron chi connectivity index (χ3n) is 3.58. The highest BCUT2D eigenvalue weighted by atomic mass is 32.2. The number of carbonyl (C=O) groups is 1. The largest absolute Gasteiger partial charge is 0.497 e. The molecule has 2 aromatic rings. The van der Waals surface area contributed by atoms with E-state index in [0.717, 1.165) is 5.56 Å². The van der Waals surface area contributed by atoms with Crippen LogP contribution in [0.25, 0.3) is 0 Å². The molecule has 2 aromatic carbocycles.